The molecule has 122 valence electrons. The Balaban J connectivity index is 1.98. The highest BCUT2D eigenvalue weighted by Crippen LogP contribution is 2.63. The van der Waals surface area contributed by atoms with Crippen LogP contribution in [0.1, 0.15) is 65.7 Å². The average Bonchev–Trinajstić information content (AvgIpc) is 2.46. The van der Waals surface area contributed by atoms with Crippen molar-refractivity contribution in [2.24, 2.45) is 28.1 Å². The highest BCUT2D eigenvalue weighted by atomic mass is 16.4. The quantitative estimate of drug-likeness (QED) is 0.711. The zero-order valence-corrected chi connectivity index (χ0v) is 14.3. The second-order valence-corrected chi connectivity index (χ2v) is 8.78. The maximum absolute atomic E-state index is 11.9. The standard InChI is InChI=1S/C20H30O2/c1-5-18(2)12-9-15-14(13-18)7-8-16-19(15,3)10-6-11-20(16,4)17(21)22/h5,7,15-16H,1,6,8-13H2,2-4H3,(H,21,22)/t15?,16?,18-,19+,20+/m1/s1. The Morgan fingerprint density at radius 3 is 2.68 bits per heavy atom. The van der Waals surface area contributed by atoms with Crippen LogP contribution in [0.25, 0.3) is 0 Å². The second kappa shape index (κ2) is 4.97. The lowest BCUT2D eigenvalue weighted by Gasteiger charge is -2.58. The highest BCUT2D eigenvalue weighted by Gasteiger charge is 2.58. The first kappa shape index (κ1) is 15.8. The van der Waals surface area contributed by atoms with E-state index in [1.54, 1.807) is 5.57 Å². The van der Waals surface area contributed by atoms with Crippen LogP contribution >= 0.6 is 0 Å². The fraction of sp³-hybridized carbons (Fsp3) is 0.750. The van der Waals surface area contributed by atoms with Gasteiger partial charge in [0.2, 0.25) is 0 Å². The van der Waals surface area contributed by atoms with Gasteiger partial charge in [0.1, 0.15) is 0 Å². The van der Waals surface area contributed by atoms with Crippen LogP contribution in [0, 0.1) is 28.1 Å². The van der Waals surface area contributed by atoms with E-state index in [0.29, 0.717) is 5.92 Å². The number of fused-ring (bicyclic) bond motifs is 3. The molecular weight excluding hydrogens is 272 g/mol. The summed E-state index contributed by atoms with van der Waals surface area (Å²) in [4.78, 5) is 11.9. The number of allylic oxidation sites excluding steroid dienone is 3. The minimum Gasteiger partial charge on any atom is -0.481 e. The van der Waals surface area contributed by atoms with Gasteiger partial charge in [0.25, 0.3) is 0 Å². The average molecular weight is 302 g/mol. The van der Waals surface area contributed by atoms with E-state index < -0.39 is 11.4 Å². The van der Waals surface area contributed by atoms with Crippen LogP contribution in [0.3, 0.4) is 0 Å². The van der Waals surface area contributed by atoms with Gasteiger partial charge in [-0.15, -0.1) is 6.58 Å². The molecule has 3 aliphatic carbocycles. The third-order valence-corrected chi connectivity index (χ3v) is 7.43. The van der Waals surface area contributed by atoms with Gasteiger partial charge < -0.3 is 5.11 Å². The summed E-state index contributed by atoms with van der Waals surface area (Å²) < 4.78 is 0. The van der Waals surface area contributed by atoms with Gasteiger partial charge in [-0.25, -0.2) is 0 Å². The van der Waals surface area contributed by atoms with E-state index in [1.165, 1.54) is 19.3 Å². The molecule has 0 aliphatic heterocycles. The molecule has 0 aromatic heterocycles. The molecular formula is C20H30O2. The number of carboxylic acid groups (broad SMARTS) is 1. The Morgan fingerprint density at radius 1 is 1.32 bits per heavy atom. The topological polar surface area (TPSA) is 37.3 Å². The molecule has 3 rings (SSSR count). The van der Waals surface area contributed by atoms with Gasteiger partial charge in [-0.1, -0.05) is 38.0 Å². The lowest BCUT2D eigenvalue weighted by molar-refractivity contribution is -0.163. The van der Waals surface area contributed by atoms with E-state index in [2.05, 4.69) is 32.6 Å². The van der Waals surface area contributed by atoms with E-state index >= 15 is 0 Å². The second-order valence-electron chi connectivity index (χ2n) is 8.78. The summed E-state index contributed by atoms with van der Waals surface area (Å²) in [6, 6.07) is 0. The van der Waals surface area contributed by atoms with Gasteiger partial charge in [0, 0.05) is 0 Å². The fourth-order valence-electron chi connectivity index (χ4n) is 5.86. The van der Waals surface area contributed by atoms with Crippen LogP contribution in [-0.2, 0) is 4.79 Å². The van der Waals surface area contributed by atoms with E-state index in [0.717, 1.165) is 25.7 Å². The van der Waals surface area contributed by atoms with Crippen LogP contribution in [0.5, 0.6) is 0 Å². The van der Waals surface area contributed by atoms with Crippen molar-refractivity contribution in [3.05, 3.63) is 24.3 Å². The summed E-state index contributed by atoms with van der Waals surface area (Å²) in [6.07, 6.45) is 12.0. The van der Waals surface area contributed by atoms with E-state index in [9.17, 15) is 9.90 Å². The van der Waals surface area contributed by atoms with E-state index in [1.807, 2.05) is 6.92 Å². The molecule has 2 fully saturated rings. The molecule has 5 atom stereocenters. The van der Waals surface area contributed by atoms with Crippen molar-refractivity contribution in [3.8, 4) is 0 Å². The number of carbonyl (C=O) groups is 1. The third kappa shape index (κ3) is 2.10. The summed E-state index contributed by atoms with van der Waals surface area (Å²) in [5.41, 5.74) is 1.43. The predicted molar refractivity (Wildman–Crippen MR) is 89.5 cm³/mol. The molecule has 2 saturated carbocycles. The molecule has 0 amide bonds. The number of aliphatic carboxylic acids is 1. The van der Waals surface area contributed by atoms with Crippen LogP contribution in [0.2, 0.25) is 0 Å². The molecule has 0 heterocycles. The van der Waals surface area contributed by atoms with Crippen LogP contribution in [-0.4, -0.2) is 11.1 Å². The molecule has 2 nitrogen and oxygen atoms in total. The number of hydrogen-bond acceptors (Lipinski definition) is 1. The summed E-state index contributed by atoms with van der Waals surface area (Å²) in [7, 11) is 0. The van der Waals surface area contributed by atoms with Gasteiger partial charge >= 0.3 is 5.97 Å². The first-order chi connectivity index (χ1) is 10.3. The molecule has 0 radical (unpaired) electrons. The van der Waals surface area contributed by atoms with Crippen LogP contribution < -0.4 is 0 Å². The van der Waals surface area contributed by atoms with Gasteiger partial charge in [-0.2, -0.15) is 0 Å². The van der Waals surface area contributed by atoms with Crippen molar-refractivity contribution in [1.29, 1.82) is 0 Å². The van der Waals surface area contributed by atoms with Crippen LogP contribution in [0.15, 0.2) is 24.3 Å². The normalized spacial score (nSPS) is 47.9. The minimum atomic E-state index is -0.591. The summed E-state index contributed by atoms with van der Waals surface area (Å²) in [6.45, 7) is 10.7. The van der Waals surface area contributed by atoms with Gasteiger partial charge in [-0.3, -0.25) is 4.79 Å². The third-order valence-electron chi connectivity index (χ3n) is 7.43. The van der Waals surface area contributed by atoms with Gasteiger partial charge in [-0.05, 0) is 68.1 Å². The Kier molecular flexibility index (Phi) is 3.58. The molecule has 2 unspecified atom stereocenters. The first-order valence-electron chi connectivity index (χ1n) is 8.81. The van der Waals surface area contributed by atoms with Gasteiger partial charge in [0.05, 0.1) is 5.41 Å². The van der Waals surface area contributed by atoms with Crippen molar-refractivity contribution < 1.29 is 9.90 Å². The molecule has 22 heavy (non-hydrogen) atoms. The van der Waals surface area contributed by atoms with Crippen molar-refractivity contribution in [3.63, 3.8) is 0 Å². The Bertz CT molecular complexity index is 534. The fourth-order valence-corrected chi connectivity index (χ4v) is 5.86. The van der Waals surface area contributed by atoms with Gasteiger partial charge in [0.15, 0.2) is 0 Å². The van der Waals surface area contributed by atoms with E-state index in [4.69, 9.17) is 0 Å². The Labute approximate surface area is 134 Å². The molecule has 0 aromatic rings. The predicted octanol–water partition coefficient (Wildman–Crippen LogP) is 5.21. The molecule has 0 spiro atoms. The van der Waals surface area contributed by atoms with Crippen molar-refractivity contribution >= 4 is 5.97 Å². The largest absolute Gasteiger partial charge is 0.481 e. The van der Waals surface area contributed by atoms with Crippen molar-refractivity contribution in [2.75, 3.05) is 0 Å². The SMILES string of the molecule is C=C[C@]1(C)CCC2C(=CCC3[C@@]2(C)CCC[C@]3(C)C(=O)O)C1. The lowest BCUT2D eigenvalue weighted by atomic mass is 9.45. The maximum atomic E-state index is 11.9. The van der Waals surface area contributed by atoms with Crippen molar-refractivity contribution in [1.82, 2.24) is 0 Å². The zero-order chi connectivity index (χ0) is 16.2. The summed E-state index contributed by atoms with van der Waals surface area (Å²) >= 11 is 0. The Hall–Kier alpha value is -1.05. The lowest BCUT2D eigenvalue weighted by Crippen LogP contribution is -2.53. The number of rotatable bonds is 2. The molecule has 3 aliphatic rings. The molecule has 0 saturated heterocycles. The number of hydrogen-bond donors (Lipinski definition) is 1. The highest BCUT2D eigenvalue weighted by molar-refractivity contribution is 5.75. The van der Waals surface area contributed by atoms with E-state index in [-0.39, 0.29) is 16.7 Å². The number of carboxylic acids is 1. The smallest absolute Gasteiger partial charge is 0.309 e. The molecule has 1 N–H and O–H groups in total. The zero-order valence-electron chi connectivity index (χ0n) is 14.3. The van der Waals surface area contributed by atoms with Crippen molar-refractivity contribution in [2.45, 2.75) is 65.7 Å². The summed E-state index contributed by atoms with van der Waals surface area (Å²) in [5, 5.41) is 9.83. The monoisotopic (exact) mass is 302 g/mol. The minimum absolute atomic E-state index is 0.165. The molecule has 0 aromatic carbocycles. The molecule has 0 bridgehead atoms. The molecule has 2 heteroatoms. The maximum Gasteiger partial charge on any atom is 0.309 e. The Morgan fingerprint density at radius 2 is 2.05 bits per heavy atom. The van der Waals surface area contributed by atoms with Crippen LogP contribution in [0.4, 0.5) is 0 Å². The summed E-state index contributed by atoms with van der Waals surface area (Å²) in [5.74, 6) is 0.276. The first-order valence-corrected chi connectivity index (χ1v) is 8.81.